The highest BCUT2D eigenvalue weighted by molar-refractivity contribution is 6.44. The summed E-state index contributed by atoms with van der Waals surface area (Å²) in [6.45, 7) is 5.17. The molecule has 0 fully saturated rings. The van der Waals surface area contributed by atoms with E-state index < -0.39 is 5.91 Å². The number of anilines is 1. The van der Waals surface area contributed by atoms with Gasteiger partial charge in [-0.15, -0.1) is 0 Å². The van der Waals surface area contributed by atoms with Crippen molar-refractivity contribution in [1.82, 2.24) is 0 Å². The van der Waals surface area contributed by atoms with E-state index in [0.29, 0.717) is 10.7 Å². The third-order valence-electron chi connectivity index (χ3n) is 1.69. The second kappa shape index (κ2) is 4.49. The molecule has 2 nitrogen and oxygen atoms in total. The van der Waals surface area contributed by atoms with Crippen molar-refractivity contribution in [3.63, 3.8) is 0 Å². The molecule has 1 N–H and O–H groups in total. The molecule has 0 atom stereocenters. The number of carbonyl (C=O) groups excluding carboxylic acids is 1. The molecule has 0 aliphatic rings. The van der Waals surface area contributed by atoms with Crippen molar-refractivity contribution in [3.8, 4) is 0 Å². The molecule has 0 unspecified atom stereocenters. The summed E-state index contributed by atoms with van der Waals surface area (Å²) in [5.41, 5.74) is 1.43. The molecule has 4 heteroatoms. The van der Waals surface area contributed by atoms with Gasteiger partial charge in [-0.05, 0) is 18.6 Å². The molecule has 0 aliphatic carbocycles. The van der Waals surface area contributed by atoms with Gasteiger partial charge < -0.3 is 5.32 Å². The number of aryl methyl sites for hydroxylation is 1. The lowest BCUT2D eigenvalue weighted by Gasteiger charge is -2.07. The van der Waals surface area contributed by atoms with Crippen LogP contribution in [-0.2, 0) is 4.79 Å². The van der Waals surface area contributed by atoms with Crippen LogP contribution in [0, 0.1) is 6.92 Å². The van der Waals surface area contributed by atoms with Crippen LogP contribution in [0.5, 0.6) is 0 Å². The van der Waals surface area contributed by atoms with Crippen LogP contribution in [0.15, 0.2) is 29.8 Å². The van der Waals surface area contributed by atoms with Crippen LogP contribution in [0.2, 0.25) is 5.02 Å². The van der Waals surface area contributed by atoms with Crippen molar-refractivity contribution in [3.05, 3.63) is 40.4 Å². The van der Waals surface area contributed by atoms with Crippen LogP contribution in [0.25, 0.3) is 0 Å². The van der Waals surface area contributed by atoms with Gasteiger partial charge in [0.1, 0.15) is 0 Å². The molecule has 0 aliphatic heterocycles. The van der Waals surface area contributed by atoms with Crippen LogP contribution in [-0.4, -0.2) is 5.91 Å². The van der Waals surface area contributed by atoms with Gasteiger partial charge in [-0.3, -0.25) is 4.79 Å². The molecule has 0 saturated carbocycles. The van der Waals surface area contributed by atoms with E-state index in [1.807, 2.05) is 13.0 Å². The van der Waals surface area contributed by atoms with Crippen LogP contribution in [0.1, 0.15) is 5.56 Å². The molecular formula is C10H9Cl2NO. The minimum absolute atomic E-state index is 0.0671. The number of halogens is 2. The van der Waals surface area contributed by atoms with Gasteiger partial charge >= 0.3 is 0 Å². The van der Waals surface area contributed by atoms with Crippen molar-refractivity contribution in [2.24, 2.45) is 0 Å². The Hall–Kier alpha value is -0.990. The summed E-state index contributed by atoms with van der Waals surface area (Å²) in [5, 5.41) is 2.99. The Balaban J connectivity index is 2.93. The maximum atomic E-state index is 11.2. The first-order valence-corrected chi connectivity index (χ1v) is 4.69. The summed E-state index contributed by atoms with van der Waals surface area (Å²) in [6.07, 6.45) is 0. The summed E-state index contributed by atoms with van der Waals surface area (Å²) in [4.78, 5) is 11.2. The monoisotopic (exact) mass is 229 g/mol. The predicted octanol–water partition coefficient (Wildman–Crippen LogP) is 3.34. The molecule has 0 radical (unpaired) electrons. The normalized spacial score (nSPS) is 9.64. The van der Waals surface area contributed by atoms with E-state index >= 15 is 0 Å². The van der Waals surface area contributed by atoms with Crippen LogP contribution in [0.4, 0.5) is 5.69 Å². The van der Waals surface area contributed by atoms with E-state index in [1.54, 1.807) is 12.1 Å². The molecule has 0 bridgehead atoms. The number of hydrogen-bond donors (Lipinski definition) is 1. The molecule has 0 saturated heterocycles. The summed E-state index contributed by atoms with van der Waals surface area (Å²) < 4.78 is 0. The van der Waals surface area contributed by atoms with Crippen molar-refractivity contribution in [2.75, 3.05) is 5.32 Å². The first-order valence-electron chi connectivity index (χ1n) is 3.93. The van der Waals surface area contributed by atoms with E-state index in [-0.39, 0.29) is 5.03 Å². The zero-order valence-electron chi connectivity index (χ0n) is 7.60. The van der Waals surface area contributed by atoms with Crippen molar-refractivity contribution >= 4 is 34.8 Å². The molecule has 74 valence electrons. The van der Waals surface area contributed by atoms with Crippen molar-refractivity contribution in [2.45, 2.75) is 6.92 Å². The van der Waals surface area contributed by atoms with E-state index in [1.165, 1.54) is 0 Å². The highest BCUT2D eigenvalue weighted by Gasteiger charge is 2.08. The summed E-state index contributed by atoms with van der Waals surface area (Å²) in [6, 6.07) is 5.36. The third-order valence-corrected chi connectivity index (χ3v) is 2.36. The molecule has 0 heterocycles. The molecule has 0 spiro atoms. The van der Waals surface area contributed by atoms with Crippen LogP contribution in [0.3, 0.4) is 0 Å². The number of benzene rings is 1. The highest BCUT2D eigenvalue weighted by Crippen LogP contribution is 2.25. The molecule has 1 aromatic rings. The predicted molar refractivity (Wildman–Crippen MR) is 59.8 cm³/mol. The second-order valence-electron chi connectivity index (χ2n) is 2.80. The quantitative estimate of drug-likeness (QED) is 0.775. The Bertz CT molecular complexity index is 388. The fourth-order valence-corrected chi connectivity index (χ4v) is 1.15. The van der Waals surface area contributed by atoms with Gasteiger partial charge in [0, 0.05) is 0 Å². The Morgan fingerprint density at radius 3 is 2.71 bits per heavy atom. The minimum Gasteiger partial charge on any atom is -0.320 e. The van der Waals surface area contributed by atoms with E-state index in [2.05, 4.69) is 11.9 Å². The first-order chi connectivity index (χ1) is 6.52. The smallest absolute Gasteiger partial charge is 0.266 e. The van der Waals surface area contributed by atoms with Gasteiger partial charge in [0.05, 0.1) is 15.7 Å². The van der Waals surface area contributed by atoms with Gasteiger partial charge in [-0.25, -0.2) is 0 Å². The Morgan fingerprint density at radius 2 is 2.14 bits per heavy atom. The van der Waals surface area contributed by atoms with Crippen LogP contribution < -0.4 is 5.32 Å². The number of carbonyl (C=O) groups is 1. The van der Waals surface area contributed by atoms with E-state index in [9.17, 15) is 4.79 Å². The maximum absolute atomic E-state index is 11.2. The molecule has 14 heavy (non-hydrogen) atoms. The maximum Gasteiger partial charge on any atom is 0.266 e. The fourth-order valence-electron chi connectivity index (χ4n) is 0.934. The molecule has 1 rings (SSSR count). The zero-order chi connectivity index (χ0) is 10.7. The molecule has 1 aromatic carbocycles. The average molecular weight is 230 g/mol. The van der Waals surface area contributed by atoms with Crippen molar-refractivity contribution < 1.29 is 4.79 Å². The Morgan fingerprint density at radius 1 is 1.50 bits per heavy atom. The second-order valence-corrected chi connectivity index (χ2v) is 3.63. The van der Waals surface area contributed by atoms with Crippen molar-refractivity contribution in [1.29, 1.82) is 0 Å². The topological polar surface area (TPSA) is 29.1 Å². The number of nitrogens with one attached hydrogen (secondary N) is 1. The standard InChI is InChI=1S/C10H9Cl2NO/c1-6-4-3-5-8(9(6)12)13-10(14)7(2)11/h3-5H,2H2,1H3,(H,13,14). The lowest BCUT2D eigenvalue weighted by Crippen LogP contribution is -2.11. The Kier molecular flexibility index (Phi) is 3.55. The molecule has 0 aromatic heterocycles. The lowest BCUT2D eigenvalue weighted by molar-refractivity contribution is -0.112. The fraction of sp³-hybridized carbons (Fsp3) is 0.100. The number of hydrogen-bond acceptors (Lipinski definition) is 1. The summed E-state index contributed by atoms with van der Waals surface area (Å²) in [5.74, 6) is -0.445. The lowest BCUT2D eigenvalue weighted by atomic mass is 10.2. The molecule has 1 amide bonds. The zero-order valence-corrected chi connectivity index (χ0v) is 9.12. The Labute approximate surface area is 92.5 Å². The van der Waals surface area contributed by atoms with E-state index in [4.69, 9.17) is 23.2 Å². The number of rotatable bonds is 2. The molecular weight excluding hydrogens is 221 g/mol. The van der Waals surface area contributed by atoms with Gasteiger partial charge in [-0.2, -0.15) is 0 Å². The minimum atomic E-state index is -0.445. The highest BCUT2D eigenvalue weighted by atomic mass is 35.5. The average Bonchev–Trinajstić information content (AvgIpc) is 2.12. The summed E-state index contributed by atoms with van der Waals surface area (Å²) in [7, 11) is 0. The first kappa shape index (κ1) is 11.1. The van der Waals surface area contributed by atoms with E-state index in [0.717, 1.165) is 5.56 Å². The van der Waals surface area contributed by atoms with Crippen LogP contribution >= 0.6 is 23.2 Å². The largest absolute Gasteiger partial charge is 0.320 e. The van der Waals surface area contributed by atoms with Gasteiger partial charge in [0.15, 0.2) is 0 Å². The summed E-state index contributed by atoms with van der Waals surface area (Å²) >= 11 is 11.4. The van der Waals surface area contributed by atoms with Gasteiger partial charge in [-0.1, -0.05) is 41.9 Å². The SMILES string of the molecule is C=C(Cl)C(=O)Nc1cccc(C)c1Cl. The van der Waals surface area contributed by atoms with Gasteiger partial charge in [0.2, 0.25) is 0 Å². The van der Waals surface area contributed by atoms with Gasteiger partial charge in [0.25, 0.3) is 5.91 Å². The third kappa shape index (κ3) is 2.50. The number of amides is 1.